The number of aryl methyl sites for hydroxylation is 1. The summed E-state index contributed by atoms with van der Waals surface area (Å²) < 4.78 is 0. The number of halogens is 1. The number of benzene rings is 4. The Morgan fingerprint density at radius 2 is 0.862 bits per heavy atom. The van der Waals surface area contributed by atoms with Crippen LogP contribution in [-0.2, 0) is 6.42 Å². The van der Waals surface area contributed by atoms with E-state index in [9.17, 15) is 0 Å². The van der Waals surface area contributed by atoms with E-state index in [-0.39, 0.29) is 0 Å². The third-order valence-corrected chi connectivity index (χ3v) is 22.8. The van der Waals surface area contributed by atoms with Crippen molar-refractivity contribution in [3.05, 3.63) is 127 Å². The second kappa shape index (κ2) is 8.93. The molecule has 0 N–H and O–H groups in total. The van der Waals surface area contributed by atoms with Gasteiger partial charge in [0.25, 0.3) is 0 Å². The van der Waals surface area contributed by atoms with Crippen molar-refractivity contribution in [3.8, 4) is 0 Å². The van der Waals surface area contributed by atoms with Gasteiger partial charge in [-0.2, -0.15) is 0 Å². The fourth-order valence-corrected chi connectivity index (χ4v) is 19.5. The van der Waals surface area contributed by atoms with Crippen molar-refractivity contribution in [2.45, 2.75) is 6.42 Å². The van der Waals surface area contributed by atoms with Crippen LogP contribution >= 0.6 is 28.8 Å². The Bertz CT molecular complexity index is 936. The Hall–Kier alpha value is -1.78. The van der Waals surface area contributed by atoms with E-state index in [1.165, 1.54) is 21.5 Å². The molecule has 29 heavy (non-hydrogen) atoms. The van der Waals surface area contributed by atoms with Crippen LogP contribution in [0.1, 0.15) is 5.56 Å². The molecule has 4 rings (SSSR count). The van der Waals surface area contributed by atoms with Crippen molar-refractivity contribution < 1.29 is 0 Å². The summed E-state index contributed by atoms with van der Waals surface area (Å²) in [7, 11) is 0. The van der Waals surface area contributed by atoms with Crippen molar-refractivity contribution in [3.63, 3.8) is 0 Å². The van der Waals surface area contributed by atoms with Gasteiger partial charge in [0.1, 0.15) is 0 Å². The maximum atomic E-state index is 4.10. The molecule has 4 aromatic rings. The summed E-state index contributed by atoms with van der Waals surface area (Å²) in [5.41, 5.74) is 1.40. The van der Waals surface area contributed by atoms with Crippen molar-refractivity contribution in [1.82, 2.24) is 0 Å². The van der Waals surface area contributed by atoms with E-state index >= 15 is 0 Å². The van der Waals surface area contributed by atoms with Crippen molar-refractivity contribution in [2.24, 2.45) is 0 Å². The molecule has 1 unspecified atom stereocenters. The van der Waals surface area contributed by atoms with Crippen molar-refractivity contribution in [1.29, 1.82) is 0 Å². The quantitative estimate of drug-likeness (QED) is 0.260. The molecule has 0 bridgehead atoms. The van der Waals surface area contributed by atoms with Crippen LogP contribution < -0.4 is 15.9 Å². The Kier molecular flexibility index (Phi) is 6.31. The molecule has 0 aromatic heterocycles. The Labute approximate surface area is 183 Å². The van der Waals surface area contributed by atoms with E-state index in [1.807, 2.05) is 0 Å². The van der Waals surface area contributed by atoms with Crippen LogP contribution in [0.5, 0.6) is 0 Å². The van der Waals surface area contributed by atoms with Crippen molar-refractivity contribution in [2.75, 3.05) is 6.16 Å². The van der Waals surface area contributed by atoms with Gasteiger partial charge in [-0.25, -0.2) is 0 Å². The molecular weight excluding hydrogens is 454 g/mol. The van der Waals surface area contributed by atoms with Gasteiger partial charge in [0.05, 0.1) is 0 Å². The number of hydrogen-bond donors (Lipinski definition) is 0. The van der Waals surface area contributed by atoms with E-state index in [0.717, 1.165) is 12.6 Å². The first kappa shape index (κ1) is 20.5. The summed E-state index contributed by atoms with van der Waals surface area (Å²) in [6.45, 7) is 0.617. The zero-order chi connectivity index (χ0) is 20.0. The first-order valence-electron chi connectivity index (χ1n) is 9.90. The third-order valence-electron chi connectivity index (χ3n) is 5.86. The first-order chi connectivity index (χ1) is 14.3. The minimum atomic E-state index is -2.70. The molecular formula is C26H25BrP2. The minimum absolute atomic E-state index is 0.617. The summed E-state index contributed by atoms with van der Waals surface area (Å²) in [6, 6.07) is 44.5. The molecule has 0 amide bonds. The molecule has 0 heterocycles. The Balaban J connectivity index is 2.02. The van der Waals surface area contributed by atoms with Crippen LogP contribution in [0.3, 0.4) is 0 Å². The molecule has 1 atom stereocenters. The average molecular weight is 479 g/mol. The van der Waals surface area contributed by atoms with Gasteiger partial charge in [-0.1, -0.05) is 0 Å². The summed E-state index contributed by atoms with van der Waals surface area (Å²) >= 11 is 4.10. The van der Waals surface area contributed by atoms with Crippen molar-refractivity contribution >= 4 is 44.7 Å². The second-order valence-electron chi connectivity index (χ2n) is 7.35. The van der Waals surface area contributed by atoms with Crippen LogP contribution in [0.15, 0.2) is 121 Å². The molecule has 0 fully saturated rings. The summed E-state index contributed by atoms with van der Waals surface area (Å²) in [6.07, 6.45) is -0.541. The van der Waals surface area contributed by atoms with Gasteiger partial charge in [0.2, 0.25) is 0 Å². The molecule has 0 nitrogen and oxygen atoms in total. The number of hydrogen-bond acceptors (Lipinski definition) is 0. The molecule has 0 saturated carbocycles. The summed E-state index contributed by atoms with van der Waals surface area (Å²) in [5, 5.41) is 4.38. The topological polar surface area (TPSA) is 0 Å². The van der Waals surface area contributed by atoms with Gasteiger partial charge in [0, 0.05) is 0 Å². The van der Waals surface area contributed by atoms with Crippen LogP contribution in [0.2, 0.25) is 0 Å². The van der Waals surface area contributed by atoms with E-state index in [0.29, 0.717) is 6.97 Å². The molecule has 0 saturated heterocycles. The second-order valence-corrected chi connectivity index (χ2v) is 18.8. The molecule has 3 heteroatoms. The fourth-order valence-electron chi connectivity index (χ4n) is 4.29. The van der Waals surface area contributed by atoms with Gasteiger partial charge >= 0.3 is 184 Å². The zero-order valence-electron chi connectivity index (χ0n) is 16.3. The van der Waals surface area contributed by atoms with Gasteiger partial charge in [-0.15, -0.1) is 0 Å². The SMILES string of the molecule is BrPP(CCc1ccccc1)(c1ccccc1)(c1ccccc1)c1ccccc1. The third kappa shape index (κ3) is 3.62. The van der Waals surface area contributed by atoms with Crippen LogP contribution in [0.25, 0.3) is 0 Å². The molecule has 0 aliphatic heterocycles. The molecule has 0 radical (unpaired) electrons. The Morgan fingerprint density at radius 1 is 0.517 bits per heavy atom. The predicted octanol–water partition coefficient (Wildman–Crippen LogP) is 6.66. The summed E-state index contributed by atoms with van der Waals surface area (Å²) in [4.78, 5) is 0. The molecule has 146 valence electrons. The normalized spacial score (nSPS) is 13.2. The molecule has 0 spiro atoms. The monoisotopic (exact) mass is 478 g/mol. The average Bonchev–Trinajstić information content (AvgIpc) is 2.83. The van der Waals surface area contributed by atoms with Gasteiger partial charge in [0.15, 0.2) is 0 Å². The standard InChI is InChI=1S/C26H25BrP2/c27-28-29(24-15-7-2-8-16-24,25-17-9-3-10-18-25,26-19-11-4-12-20-26)22-21-23-13-5-1-6-14-23/h1-20,28H,21-22H2. The van der Waals surface area contributed by atoms with E-state index in [2.05, 4.69) is 137 Å². The molecule has 0 aliphatic carbocycles. The van der Waals surface area contributed by atoms with E-state index < -0.39 is 6.29 Å². The first-order valence-corrected chi connectivity index (χ1v) is 16.4. The van der Waals surface area contributed by atoms with Gasteiger partial charge in [-0.05, 0) is 0 Å². The zero-order valence-corrected chi connectivity index (χ0v) is 19.8. The fraction of sp³-hybridized carbons (Fsp3) is 0.0769. The van der Waals surface area contributed by atoms with E-state index in [1.54, 1.807) is 0 Å². The predicted molar refractivity (Wildman–Crippen MR) is 137 cm³/mol. The number of rotatable bonds is 7. The Morgan fingerprint density at radius 3 is 1.21 bits per heavy atom. The van der Waals surface area contributed by atoms with Crippen LogP contribution in [0.4, 0.5) is 0 Å². The maximum absolute atomic E-state index is 4.10. The van der Waals surface area contributed by atoms with Crippen LogP contribution in [0, 0.1) is 0 Å². The molecule has 0 aliphatic rings. The summed E-state index contributed by atoms with van der Waals surface area (Å²) in [5.74, 6) is 0. The van der Waals surface area contributed by atoms with Gasteiger partial charge < -0.3 is 0 Å². The van der Waals surface area contributed by atoms with E-state index in [4.69, 9.17) is 0 Å². The molecule has 4 aromatic carbocycles. The van der Waals surface area contributed by atoms with Crippen LogP contribution in [-0.4, -0.2) is 6.16 Å². The van der Waals surface area contributed by atoms with Gasteiger partial charge in [-0.3, -0.25) is 0 Å².